The standard InChI is InChI=1S/C18H27NO2/c1-4-13-5-7-16(19-11-13)10-15-9-14(12(2)3)6-8-17(15)18(20)21/h5,7,11-12,14-15,17H,4,6,8-10H2,1-3H3,(H,20,21). The molecule has 0 aromatic carbocycles. The van der Waals surface area contributed by atoms with Gasteiger partial charge >= 0.3 is 5.97 Å². The second-order valence-electron chi connectivity index (χ2n) is 6.74. The summed E-state index contributed by atoms with van der Waals surface area (Å²) in [7, 11) is 0. The summed E-state index contributed by atoms with van der Waals surface area (Å²) in [6.07, 6.45) is 6.59. The molecule has 0 aliphatic heterocycles. The lowest BCUT2D eigenvalue weighted by Crippen LogP contribution is -2.33. The minimum atomic E-state index is -0.632. The summed E-state index contributed by atoms with van der Waals surface area (Å²) in [4.78, 5) is 16.0. The summed E-state index contributed by atoms with van der Waals surface area (Å²) in [5.74, 6) is 0.682. The van der Waals surface area contributed by atoms with E-state index in [0.717, 1.165) is 37.8 Å². The molecule has 1 N–H and O–H groups in total. The highest BCUT2D eigenvalue weighted by atomic mass is 16.4. The van der Waals surface area contributed by atoms with Gasteiger partial charge in [-0.3, -0.25) is 9.78 Å². The first kappa shape index (κ1) is 16.0. The molecule has 3 unspecified atom stereocenters. The van der Waals surface area contributed by atoms with Crippen molar-refractivity contribution in [1.29, 1.82) is 0 Å². The van der Waals surface area contributed by atoms with Crippen LogP contribution in [-0.4, -0.2) is 16.1 Å². The molecule has 1 aliphatic rings. The average molecular weight is 289 g/mol. The van der Waals surface area contributed by atoms with Gasteiger partial charge in [0.2, 0.25) is 0 Å². The number of aryl methyl sites for hydroxylation is 1. The van der Waals surface area contributed by atoms with Gasteiger partial charge in [0.15, 0.2) is 0 Å². The highest BCUT2D eigenvalue weighted by molar-refractivity contribution is 5.70. The number of carboxylic acid groups (broad SMARTS) is 1. The van der Waals surface area contributed by atoms with Gasteiger partial charge in [0, 0.05) is 11.9 Å². The van der Waals surface area contributed by atoms with Gasteiger partial charge in [-0.05, 0) is 61.5 Å². The van der Waals surface area contributed by atoms with Crippen molar-refractivity contribution in [3.8, 4) is 0 Å². The lowest BCUT2D eigenvalue weighted by atomic mass is 9.69. The average Bonchev–Trinajstić information content (AvgIpc) is 2.47. The Bertz CT molecular complexity index is 467. The van der Waals surface area contributed by atoms with E-state index in [9.17, 15) is 9.90 Å². The molecule has 116 valence electrons. The second-order valence-corrected chi connectivity index (χ2v) is 6.74. The third kappa shape index (κ3) is 4.05. The van der Waals surface area contributed by atoms with Gasteiger partial charge < -0.3 is 5.11 Å². The third-order valence-corrected chi connectivity index (χ3v) is 5.05. The fourth-order valence-corrected chi connectivity index (χ4v) is 3.51. The number of carbonyl (C=O) groups is 1. The van der Waals surface area contributed by atoms with Gasteiger partial charge in [-0.25, -0.2) is 0 Å². The van der Waals surface area contributed by atoms with Crippen molar-refractivity contribution in [3.63, 3.8) is 0 Å². The van der Waals surface area contributed by atoms with E-state index in [1.807, 2.05) is 6.20 Å². The topological polar surface area (TPSA) is 50.2 Å². The number of nitrogens with zero attached hydrogens (tertiary/aromatic N) is 1. The number of rotatable bonds is 5. The van der Waals surface area contributed by atoms with Crippen molar-refractivity contribution in [2.75, 3.05) is 0 Å². The zero-order valence-corrected chi connectivity index (χ0v) is 13.4. The molecule has 1 aromatic rings. The molecule has 1 aromatic heterocycles. The van der Waals surface area contributed by atoms with Crippen LogP contribution >= 0.6 is 0 Å². The normalized spacial score (nSPS) is 26.0. The van der Waals surface area contributed by atoms with Gasteiger partial charge in [-0.2, -0.15) is 0 Å². The van der Waals surface area contributed by atoms with Crippen molar-refractivity contribution in [3.05, 3.63) is 29.6 Å². The van der Waals surface area contributed by atoms with Crippen molar-refractivity contribution in [1.82, 2.24) is 4.98 Å². The second kappa shape index (κ2) is 7.06. The SMILES string of the molecule is CCc1ccc(CC2CC(C(C)C)CCC2C(=O)O)nc1. The molecule has 0 amide bonds. The van der Waals surface area contributed by atoms with Crippen molar-refractivity contribution >= 4 is 5.97 Å². The van der Waals surface area contributed by atoms with Crippen LogP contribution in [0.3, 0.4) is 0 Å². The Hall–Kier alpha value is -1.38. The maximum Gasteiger partial charge on any atom is 0.306 e. The van der Waals surface area contributed by atoms with E-state index in [0.29, 0.717) is 11.8 Å². The van der Waals surface area contributed by atoms with Crippen molar-refractivity contribution in [2.24, 2.45) is 23.7 Å². The Morgan fingerprint density at radius 2 is 2.14 bits per heavy atom. The van der Waals surface area contributed by atoms with Crippen LogP contribution in [-0.2, 0) is 17.6 Å². The predicted molar refractivity (Wildman–Crippen MR) is 84.1 cm³/mol. The first-order valence-corrected chi connectivity index (χ1v) is 8.17. The lowest BCUT2D eigenvalue weighted by molar-refractivity contribution is -0.145. The molecule has 3 atom stereocenters. The molecule has 3 heteroatoms. The van der Waals surface area contributed by atoms with Gasteiger partial charge in [-0.1, -0.05) is 26.8 Å². The van der Waals surface area contributed by atoms with Crippen LogP contribution in [0, 0.1) is 23.7 Å². The molecule has 0 saturated heterocycles. The van der Waals surface area contributed by atoms with Gasteiger partial charge in [-0.15, -0.1) is 0 Å². The Labute approximate surface area is 127 Å². The molecule has 1 saturated carbocycles. The number of aromatic nitrogens is 1. The summed E-state index contributed by atoms with van der Waals surface area (Å²) >= 11 is 0. The maximum absolute atomic E-state index is 11.5. The largest absolute Gasteiger partial charge is 0.481 e. The number of hydrogen-bond donors (Lipinski definition) is 1. The minimum absolute atomic E-state index is 0.201. The van der Waals surface area contributed by atoms with E-state index < -0.39 is 5.97 Å². The first-order chi connectivity index (χ1) is 10.0. The summed E-state index contributed by atoms with van der Waals surface area (Å²) in [5, 5.41) is 9.47. The van der Waals surface area contributed by atoms with Crippen LogP contribution in [0.2, 0.25) is 0 Å². The van der Waals surface area contributed by atoms with Gasteiger partial charge in [0.25, 0.3) is 0 Å². The molecule has 0 spiro atoms. The molecule has 0 radical (unpaired) electrons. The summed E-state index contributed by atoms with van der Waals surface area (Å²) in [6.45, 7) is 6.61. The van der Waals surface area contributed by atoms with E-state index in [1.165, 1.54) is 5.56 Å². The van der Waals surface area contributed by atoms with E-state index in [2.05, 4.69) is 37.9 Å². The van der Waals surface area contributed by atoms with Crippen molar-refractivity contribution in [2.45, 2.75) is 52.9 Å². The summed E-state index contributed by atoms with van der Waals surface area (Å²) in [6, 6.07) is 4.18. The third-order valence-electron chi connectivity index (χ3n) is 5.05. The number of carboxylic acids is 1. The Morgan fingerprint density at radius 3 is 2.67 bits per heavy atom. The fraction of sp³-hybridized carbons (Fsp3) is 0.667. The van der Waals surface area contributed by atoms with Crippen LogP contribution in [0.1, 0.15) is 51.3 Å². The van der Waals surface area contributed by atoms with Crippen molar-refractivity contribution < 1.29 is 9.90 Å². The summed E-state index contributed by atoms with van der Waals surface area (Å²) in [5.41, 5.74) is 2.27. The summed E-state index contributed by atoms with van der Waals surface area (Å²) < 4.78 is 0. The Morgan fingerprint density at radius 1 is 1.38 bits per heavy atom. The quantitative estimate of drug-likeness (QED) is 0.892. The zero-order valence-electron chi connectivity index (χ0n) is 13.4. The lowest BCUT2D eigenvalue weighted by Gasteiger charge is -2.35. The number of pyridine rings is 1. The molecule has 1 aliphatic carbocycles. The van der Waals surface area contributed by atoms with Crippen LogP contribution < -0.4 is 0 Å². The molecule has 3 nitrogen and oxygen atoms in total. The van der Waals surface area contributed by atoms with E-state index in [4.69, 9.17) is 0 Å². The zero-order chi connectivity index (χ0) is 15.4. The molecular weight excluding hydrogens is 262 g/mol. The minimum Gasteiger partial charge on any atom is -0.481 e. The molecular formula is C18H27NO2. The smallest absolute Gasteiger partial charge is 0.306 e. The van der Waals surface area contributed by atoms with E-state index in [1.54, 1.807) is 0 Å². The Kier molecular flexibility index (Phi) is 5.38. The van der Waals surface area contributed by atoms with Gasteiger partial charge in [0.1, 0.15) is 0 Å². The van der Waals surface area contributed by atoms with Gasteiger partial charge in [0.05, 0.1) is 5.92 Å². The molecule has 1 heterocycles. The molecule has 2 rings (SSSR count). The molecule has 0 bridgehead atoms. The van der Waals surface area contributed by atoms with E-state index in [-0.39, 0.29) is 11.8 Å². The number of hydrogen-bond acceptors (Lipinski definition) is 2. The van der Waals surface area contributed by atoms with Crippen LogP contribution in [0.25, 0.3) is 0 Å². The Balaban J connectivity index is 2.09. The molecule has 21 heavy (non-hydrogen) atoms. The predicted octanol–water partition coefficient (Wildman–Crippen LogP) is 3.96. The molecule has 1 fully saturated rings. The van der Waals surface area contributed by atoms with Crippen LogP contribution in [0.4, 0.5) is 0 Å². The fourth-order valence-electron chi connectivity index (χ4n) is 3.51. The highest BCUT2D eigenvalue weighted by Gasteiger charge is 2.36. The monoisotopic (exact) mass is 289 g/mol. The van der Waals surface area contributed by atoms with E-state index >= 15 is 0 Å². The number of aliphatic carboxylic acids is 1. The first-order valence-electron chi connectivity index (χ1n) is 8.17. The maximum atomic E-state index is 11.5. The highest BCUT2D eigenvalue weighted by Crippen LogP contribution is 2.39. The van der Waals surface area contributed by atoms with Crippen LogP contribution in [0.5, 0.6) is 0 Å². The van der Waals surface area contributed by atoms with Crippen LogP contribution in [0.15, 0.2) is 18.3 Å².